The number of rotatable bonds is 9. The highest BCUT2D eigenvalue weighted by atomic mass is 19.4. The SMILES string of the molecule is C[C@@H](NC(=O)[C@H]1C[C@@H]1c1ccc(OCC(=O)N2CCC(F)(F)CC2)cc1)c1ccc(OCC(F)(F)F)cn1. The van der Waals surface area contributed by atoms with Crippen molar-refractivity contribution in [2.75, 3.05) is 26.3 Å². The number of nitrogens with zero attached hydrogens (tertiary/aromatic N) is 2. The molecule has 1 N–H and O–H groups in total. The van der Waals surface area contributed by atoms with Gasteiger partial charge in [-0.3, -0.25) is 14.6 Å². The minimum Gasteiger partial charge on any atom is -0.484 e. The summed E-state index contributed by atoms with van der Waals surface area (Å²) in [5.41, 5.74) is 1.43. The van der Waals surface area contributed by atoms with E-state index in [1.807, 2.05) is 12.1 Å². The van der Waals surface area contributed by atoms with Crippen molar-refractivity contribution in [3.05, 3.63) is 53.9 Å². The van der Waals surface area contributed by atoms with E-state index in [-0.39, 0.29) is 61.9 Å². The number of pyridine rings is 1. The van der Waals surface area contributed by atoms with Gasteiger partial charge < -0.3 is 19.7 Å². The van der Waals surface area contributed by atoms with Crippen molar-refractivity contribution in [3.8, 4) is 11.5 Å². The largest absolute Gasteiger partial charge is 0.484 e. The topological polar surface area (TPSA) is 80.8 Å². The Morgan fingerprint density at radius 3 is 2.34 bits per heavy atom. The number of carbonyl (C=O) groups excluding carboxylic acids is 2. The maximum atomic E-state index is 13.3. The van der Waals surface area contributed by atoms with E-state index in [4.69, 9.17) is 4.74 Å². The van der Waals surface area contributed by atoms with E-state index in [0.29, 0.717) is 17.9 Å². The Morgan fingerprint density at radius 2 is 1.74 bits per heavy atom. The van der Waals surface area contributed by atoms with E-state index in [2.05, 4.69) is 15.0 Å². The number of ether oxygens (including phenoxy) is 2. The van der Waals surface area contributed by atoms with Crippen LogP contribution in [0.3, 0.4) is 0 Å². The van der Waals surface area contributed by atoms with Crippen molar-refractivity contribution in [2.24, 2.45) is 5.92 Å². The molecule has 206 valence electrons. The van der Waals surface area contributed by atoms with Gasteiger partial charge in [0.05, 0.1) is 17.9 Å². The third-order valence-corrected chi connectivity index (χ3v) is 6.61. The summed E-state index contributed by atoms with van der Waals surface area (Å²) >= 11 is 0. The second-order valence-electron chi connectivity index (χ2n) is 9.60. The van der Waals surface area contributed by atoms with Crippen LogP contribution in [0, 0.1) is 5.92 Å². The van der Waals surface area contributed by atoms with Gasteiger partial charge in [-0.15, -0.1) is 0 Å². The maximum Gasteiger partial charge on any atom is 0.422 e. The number of benzene rings is 1. The molecule has 2 aromatic rings. The molecule has 2 amide bonds. The third-order valence-electron chi connectivity index (χ3n) is 6.61. The van der Waals surface area contributed by atoms with E-state index in [1.165, 1.54) is 23.2 Å². The van der Waals surface area contributed by atoms with Crippen molar-refractivity contribution in [1.82, 2.24) is 15.2 Å². The Kier molecular flexibility index (Phi) is 8.08. The van der Waals surface area contributed by atoms with Crippen LogP contribution in [0.2, 0.25) is 0 Å². The molecule has 38 heavy (non-hydrogen) atoms. The molecule has 7 nitrogen and oxygen atoms in total. The smallest absolute Gasteiger partial charge is 0.422 e. The summed E-state index contributed by atoms with van der Waals surface area (Å²) in [5.74, 6) is -2.96. The average molecular weight is 542 g/mol. The summed E-state index contributed by atoms with van der Waals surface area (Å²) in [4.78, 5) is 30.4. The Hall–Kier alpha value is -3.44. The molecule has 1 aromatic carbocycles. The minimum absolute atomic E-state index is 0.00955. The first kappa shape index (κ1) is 27.6. The van der Waals surface area contributed by atoms with Gasteiger partial charge in [0, 0.05) is 31.8 Å². The number of likely N-dealkylation sites (tertiary alicyclic amines) is 1. The van der Waals surface area contributed by atoms with Gasteiger partial charge in [-0.1, -0.05) is 12.1 Å². The molecule has 1 saturated carbocycles. The van der Waals surface area contributed by atoms with Crippen LogP contribution in [-0.4, -0.2) is 60.1 Å². The third kappa shape index (κ3) is 7.55. The van der Waals surface area contributed by atoms with Gasteiger partial charge in [0.25, 0.3) is 11.8 Å². The van der Waals surface area contributed by atoms with E-state index in [9.17, 15) is 31.5 Å². The summed E-state index contributed by atoms with van der Waals surface area (Å²) in [6, 6.07) is 9.49. The Balaban J connectivity index is 1.21. The molecular formula is C26H28F5N3O4. The number of piperidine rings is 1. The normalized spacial score (nSPS) is 21.4. The zero-order chi connectivity index (χ0) is 27.5. The van der Waals surface area contributed by atoms with Crippen LogP contribution in [0.25, 0.3) is 0 Å². The molecular weight excluding hydrogens is 513 g/mol. The van der Waals surface area contributed by atoms with Gasteiger partial charge in [-0.2, -0.15) is 13.2 Å². The summed E-state index contributed by atoms with van der Waals surface area (Å²) in [5, 5.41) is 2.88. The van der Waals surface area contributed by atoms with Crippen molar-refractivity contribution >= 4 is 11.8 Å². The van der Waals surface area contributed by atoms with Gasteiger partial charge in [0.1, 0.15) is 11.5 Å². The predicted molar refractivity (Wildman–Crippen MR) is 126 cm³/mol. The van der Waals surface area contributed by atoms with Crippen molar-refractivity contribution in [1.29, 1.82) is 0 Å². The fourth-order valence-corrected chi connectivity index (χ4v) is 4.28. The lowest BCUT2D eigenvalue weighted by molar-refractivity contribution is -0.153. The summed E-state index contributed by atoms with van der Waals surface area (Å²) in [7, 11) is 0. The molecule has 0 spiro atoms. The molecule has 2 aliphatic rings. The molecule has 0 bridgehead atoms. The fourth-order valence-electron chi connectivity index (χ4n) is 4.28. The first-order chi connectivity index (χ1) is 17.9. The van der Waals surface area contributed by atoms with Gasteiger partial charge in [-0.05, 0) is 49.1 Å². The molecule has 4 rings (SSSR count). The molecule has 0 radical (unpaired) electrons. The highest BCUT2D eigenvalue weighted by Crippen LogP contribution is 2.48. The van der Waals surface area contributed by atoms with Crippen molar-refractivity contribution < 1.29 is 41.0 Å². The zero-order valence-electron chi connectivity index (χ0n) is 20.6. The van der Waals surface area contributed by atoms with Gasteiger partial charge in [0.15, 0.2) is 13.2 Å². The van der Waals surface area contributed by atoms with Crippen LogP contribution in [0.15, 0.2) is 42.6 Å². The second kappa shape index (κ2) is 11.1. The highest BCUT2D eigenvalue weighted by Gasteiger charge is 2.44. The molecule has 2 fully saturated rings. The Labute approximate surface area is 216 Å². The number of aromatic nitrogens is 1. The number of hydrogen-bond donors (Lipinski definition) is 1. The zero-order valence-corrected chi connectivity index (χ0v) is 20.6. The number of amides is 2. The van der Waals surface area contributed by atoms with Gasteiger partial charge in [0.2, 0.25) is 5.91 Å². The number of carbonyl (C=O) groups is 2. The Morgan fingerprint density at radius 1 is 1.08 bits per heavy atom. The van der Waals surface area contributed by atoms with E-state index in [0.717, 1.165) is 5.56 Å². The first-order valence-electron chi connectivity index (χ1n) is 12.2. The summed E-state index contributed by atoms with van der Waals surface area (Å²) in [6.45, 7) is 0.111. The van der Waals surface area contributed by atoms with Crippen molar-refractivity contribution in [3.63, 3.8) is 0 Å². The average Bonchev–Trinajstić information content (AvgIpc) is 3.67. The highest BCUT2D eigenvalue weighted by molar-refractivity contribution is 5.83. The number of alkyl halides is 5. The lowest BCUT2D eigenvalue weighted by atomic mass is 10.1. The van der Waals surface area contributed by atoms with Crippen LogP contribution in [-0.2, 0) is 9.59 Å². The molecule has 3 atom stereocenters. The first-order valence-corrected chi connectivity index (χ1v) is 12.2. The monoisotopic (exact) mass is 541 g/mol. The number of halogens is 5. The molecule has 12 heteroatoms. The Bertz CT molecular complexity index is 1120. The molecule has 1 saturated heterocycles. The van der Waals surface area contributed by atoms with Crippen LogP contribution in [0.4, 0.5) is 22.0 Å². The number of hydrogen-bond acceptors (Lipinski definition) is 5. The van der Waals surface area contributed by atoms with Crippen LogP contribution < -0.4 is 14.8 Å². The van der Waals surface area contributed by atoms with E-state index < -0.39 is 24.7 Å². The quantitative estimate of drug-likeness (QED) is 0.468. The molecule has 1 aromatic heterocycles. The predicted octanol–water partition coefficient (Wildman–Crippen LogP) is 4.64. The number of nitrogens with one attached hydrogen (secondary N) is 1. The van der Waals surface area contributed by atoms with E-state index >= 15 is 0 Å². The lowest BCUT2D eigenvalue weighted by Gasteiger charge is -2.31. The van der Waals surface area contributed by atoms with Crippen LogP contribution >= 0.6 is 0 Å². The minimum atomic E-state index is -4.44. The lowest BCUT2D eigenvalue weighted by Crippen LogP contribution is -2.44. The summed E-state index contributed by atoms with van der Waals surface area (Å²) in [6.07, 6.45) is -3.28. The summed E-state index contributed by atoms with van der Waals surface area (Å²) < 4.78 is 73.5. The standard InChI is InChI=1S/C26H28F5N3O4/c1-16(22-7-6-19(13-32-22)38-15-26(29,30)31)33-24(36)21-12-20(21)17-2-4-18(5-3-17)37-14-23(35)34-10-8-25(27,28)9-11-34/h2-7,13,16,20-21H,8-12,14-15H2,1H3,(H,33,36)/t16-,20-,21+/m1/s1. The molecule has 1 aliphatic heterocycles. The van der Waals surface area contributed by atoms with Gasteiger partial charge >= 0.3 is 6.18 Å². The molecule has 2 heterocycles. The maximum absolute atomic E-state index is 13.3. The fraction of sp³-hybridized carbons (Fsp3) is 0.500. The molecule has 1 aliphatic carbocycles. The van der Waals surface area contributed by atoms with Gasteiger partial charge in [-0.25, -0.2) is 8.78 Å². The second-order valence-corrected chi connectivity index (χ2v) is 9.60. The van der Waals surface area contributed by atoms with Crippen LogP contribution in [0.1, 0.15) is 49.4 Å². The van der Waals surface area contributed by atoms with Crippen LogP contribution in [0.5, 0.6) is 11.5 Å². The van der Waals surface area contributed by atoms with Crippen molar-refractivity contribution in [2.45, 2.75) is 50.2 Å². The molecule has 0 unspecified atom stereocenters. The van der Waals surface area contributed by atoms with E-state index in [1.54, 1.807) is 19.1 Å².